The molecule has 1 aliphatic carbocycles. The number of hydrogen-bond acceptors (Lipinski definition) is 3. The molecule has 1 heterocycles. The Morgan fingerprint density at radius 2 is 2.20 bits per heavy atom. The highest BCUT2D eigenvalue weighted by atomic mass is 35.5. The fourth-order valence-corrected chi connectivity index (χ4v) is 3.67. The molecular formula is C16H23ClN2O. The molecule has 1 aromatic rings. The molecule has 3 atom stereocenters. The number of ether oxygens (including phenoxy) is 1. The standard InChI is InChI=1S/C16H23ClN2O/c17-14-6-2-1-4-12(14)10-19-15-7-3-5-13(15)16-11-20-9-8-18-16/h1-2,4,6,13,15-16,18-19H,3,5,7-11H2. The van der Waals surface area contributed by atoms with Crippen molar-refractivity contribution in [2.45, 2.75) is 37.9 Å². The number of morpholine rings is 1. The molecule has 1 saturated heterocycles. The summed E-state index contributed by atoms with van der Waals surface area (Å²) in [5.74, 6) is 0.679. The van der Waals surface area contributed by atoms with Gasteiger partial charge in [0.05, 0.1) is 13.2 Å². The molecule has 3 unspecified atom stereocenters. The average Bonchev–Trinajstić information content (AvgIpc) is 2.96. The van der Waals surface area contributed by atoms with E-state index in [4.69, 9.17) is 16.3 Å². The Hall–Kier alpha value is -0.610. The molecule has 3 nitrogen and oxygen atoms in total. The van der Waals surface area contributed by atoms with Gasteiger partial charge in [0.25, 0.3) is 0 Å². The number of halogens is 1. The largest absolute Gasteiger partial charge is 0.379 e. The second kappa shape index (κ2) is 6.90. The first-order chi connectivity index (χ1) is 9.84. The van der Waals surface area contributed by atoms with Gasteiger partial charge in [0.1, 0.15) is 0 Å². The predicted octanol–water partition coefficient (Wildman–Crippen LogP) is 2.59. The van der Waals surface area contributed by atoms with E-state index in [1.807, 2.05) is 18.2 Å². The minimum absolute atomic E-state index is 0.509. The van der Waals surface area contributed by atoms with Crippen molar-refractivity contribution in [3.63, 3.8) is 0 Å². The number of rotatable bonds is 4. The van der Waals surface area contributed by atoms with Crippen LogP contribution in [-0.2, 0) is 11.3 Å². The Kier molecular flexibility index (Phi) is 4.94. The number of benzene rings is 1. The van der Waals surface area contributed by atoms with Gasteiger partial charge < -0.3 is 15.4 Å². The summed E-state index contributed by atoms with van der Waals surface area (Å²) in [6.07, 6.45) is 3.86. The first-order valence-electron chi connectivity index (χ1n) is 7.62. The van der Waals surface area contributed by atoms with E-state index in [1.165, 1.54) is 24.8 Å². The van der Waals surface area contributed by atoms with Crippen LogP contribution in [-0.4, -0.2) is 31.8 Å². The smallest absolute Gasteiger partial charge is 0.0623 e. The monoisotopic (exact) mass is 294 g/mol. The SMILES string of the molecule is Clc1ccccc1CNC1CCCC1C1COCCN1. The van der Waals surface area contributed by atoms with Crippen LogP contribution in [0.25, 0.3) is 0 Å². The maximum absolute atomic E-state index is 6.22. The van der Waals surface area contributed by atoms with Crippen molar-refractivity contribution in [2.24, 2.45) is 5.92 Å². The van der Waals surface area contributed by atoms with Gasteiger partial charge in [-0.05, 0) is 30.4 Å². The lowest BCUT2D eigenvalue weighted by atomic mass is 9.94. The van der Waals surface area contributed by atoms with Gasteiger partial charge in [0, 0.05) is 30.2 Å². The summed E-state index contributed by atoms with van der Waals surface area (Å²) < 4.78 is 5.61. The van der Waals surface area contributed by atoms with Crippen LogP contribution in [0.3, 0.4) is 0 Å². The zero-order chi connectivity index (χ0) is 13.8. The van der Waals surface area contributed by atoms with Crippen LogP contribution in [0, 0.1) is 5.92 Å². The fourth-order valence-electron chi connectivity index (χ4n) is 3.47. The first kappa shape index (κ1) is 14.3. The Morgan fingerprint density at radius 3 is 3.00 bits per heavy atom. The summed E-state index contributed by atoms with van der Waals surface area (Å²) in [6, 6.07) is 9.17. The van der Waals surface area contributed by atoms with Crippen molar-refractivity contribution in [2.75, 3.05) is 19.8 Å². The molecule has 110 valence electrons. The Morgan fingerprint density at radius 1 is 1.30 bits per heavy atom. The van der Waals surface area contributed by atoms with Crippen molar-refractivity contribution < 1.29 is 4.74 Å². The molecule has 20 heavy (non-hydrogen) atoms. The lowest BCUT2D eigenvalue weighted by molar-refractivity contribution is 0.0524. The molecule has 2 aliphatic rings. The highest BCUT2D eigenvalue weighted by molar-refractivity contribution is 6.31. The summed E-state index contributed by atoms with van der Waals surface area (Å²) in [6.45, 7) is 3.54. The van der Waals surface area contributed by atoms with Gasteiger partial charge in [-0.3, -0.25) is 0 Å². The van der Waals surface area contributed by atoms with Crippen LogP contribution in [0.15, 0.2) is 24.3 Å². The van der Waals surface area contributed by atoms with Gasteiger partial charge in [-0.25, -0.2) is 0 Å². The third-order valence-electron chi connectivity index (χ3n) is 4.55. The second-order valence-electron chi connectivity index (χ2n) is 5.81. The molecule has 0 amide bonds. The maximum Gasteiger partial charge on any atom is 0.0623 e. The van der Waals surface area contributed by atoms with E-state index in [2.05, 4.69) is 16.7 Å². The van der Waals surface area contributed by atoms with Gasteiger partial charge in [-0.1, -0.05) is 36.2 Å². The average molecular weight is 295 g/mol. The van der Waals surface area contributed by atoms with Crippen molar-refractivity contribution >= 4 is 11.6 Å². The molecule has 2 fully saturated rings. The summed E-state index contributed by atoms with van der Waals surface area (Å²) in [4.78, 5) is 0. The van der Waals surface area contributed by atoms with Gasteiger partial charge >= 0.3 is 0 Å². The van der Waals surface area contributed by atoms with Gasteiger partial charge in [0.2, 0.25) is 0 Å². The third-order valence-corrected chi connectivity index (χ3v) is 4.92. The Bertz CT molecular complexity index is 434. The molecular weight excluding hydrogens is 272 g/mol. The first-order valence-corrected chi connectivity index (χ1v) is 8.00. The van der Waals surface area contributed by atoms with Crippen LogP contribution >= 0.6 is 11.6 Å². The van der Waals surface area contributed by atoms with Crippen LogP contribution in [0.2, 0.25) is 5.02 Å². The van der Waals surface area contributed by atoms with Crippen molar-refractivity contribution in [1.82, 2.24) is 10.6 Å². The van der Waals surface area contributed by atoms with E-state index in [1.54, 1.807) is 0 Å². The van der Waals surface area contributed by atoms with E-state index < -0.39 is 0 Å². The van der Waals surface area contributed by atoms with Gasteiger partial charge in [-0.2, -0.15) is 0 Å². The van der Waals surface area contributed by atoms with Crippen molar-refractivity contribution in [1.29, 1.82) is 0 Å². The summed E-state index contributed by atoms with van der Waals surface area (Å²) in [5.41, 5.74) is 1.19. The molecule has 0 aromatic heterocycles. The lowest BCUT2D eigenvalue weighted by Crippen LogP contribution is -2.50. The maximum atomic E-state index is 6.22. The van der Waals surface area contributed by atoms with E-state index in [-0.39, 0.29) is 0 Å². The predicted molar refractivity (Wildman–Crippen MR) is 82.0 cm³/mol. The van der Waals surface area contributed by atoms with E-state index in [9.17, 15) is 0 Å². The highest BCUT2D eigenvalue weighted by Gasteiger charge is 2.34. The van der Waals surface area contributed by atoms with Gasteiger partial charge in [0.15, 0.2) is 0 Å². The molecule has 4 heteroatoms. The molecule has 0 bridgehead atoms. The minimum atomic E-state index is 0.509. The topological polar surface area (TPSA) is 33.3 Å². The fraction of sp³-hybridized carbons (Fsp3) is 0.625. The third kappa shape index (κ3) is 3.34. The van der Waals surface area contributed by atoms with Gasteiger partial charge in [-0.15, -0.1) is 0 Å². The molecule has 1 aromatic carbocycles. The minimum Gasteiger partial charge on any atom is -0.379 e. The Balaban J connectivity index is 1.57. The zero-order valence-corrected chi connectivity index (χ0v) is 12.5. The van der Waals surface area contributed by atoms with E-state index in [0.717, 1.165) is 31.3 Å². The Labute approximate surface area is 126 Å². The summed E-state index contributed by atoms with van der Waals surface area (Å²) >= 11 is 6.22. The normalized spacial score (nSPS) is 30.6. The van der Waals surface area contributed by atoms with E-state index in [0.29, 0.717) is 18.0 Å². The van der Waals surface area contributed by atoms with Crippen molar-refractivity contribution in [3.05, 3.63) is 34.9 Å². The molecule has 3 rings (SSSR count). The van der Waals surface area contributed by atoms with Crippen LogP contribution in [0.5, 0.6) is 0 Å². The van der Waals surface area contributed by atoms with E-state index >= 15 is 0 Å². The van der Waals surface area contributed by atoms with Crippen LogP contribution < -0.4 is 10.6 Å². The lowest BCUT2D eigenvalue weighted by Gasteiger charge is -2.33. The summed E-state index contributed by atoms with van der Waals surface area (Å²) in [7, 11) is 0. The van der Waals surface area contributed by atoms with Crippen molar-refractivity contribution in [3.8, 4) is 0 Å². The zero-order valence-electron chi connectivity index (χ0n) is 11.8. The second-order valence-corrected chi connectivity index (χ2v) is 6.22. The highest BCUT2D eigenvalue weighted by Crippen LogP contribution is 2.30. The number of nitrogens with one attached hydrogen (secondary N) is 2. The summed E-state index contributed by atoms with van der Waals surface area (Å²) in [5, 5.41) is 8.17. The molecule has 0 radical (unpaired) electrons. The molecule has 1 aliphatic heterocycles. The molecule has 1 saturated carbocycles. The molecule has 0 spiro atoms. The van der Waals surface area contributed by atoms with Crippen LogP contribution in [0.1, 0.15) is 24.8 Å². The quantitative estimate of drug-likeness (QED) is 0.895. The number of hydrogen-bond donors (Lipinski definition) is 2. The molecule has 2 N–H and O–H groups in total. The van der Waals surface area contributed by atoms with Crippen LogP contribution in [0.4, 0.5) is 0 Å².